The first kappa shape index (κ1) is 13.5. The Morgan fingerprint density at radius 3 is 2.59 bits per heavy atom. The first-order chi connectivity index (χ1) is 7.84. The van der Waals surface area contributed by atoms with Crippen molar-refractivity contribution in [2.45, 2.75) is 19.1 Å². The Balaban J connectivity index is 3.01. The van der Waals surface area contributed by atoms with Crippen LogP contribution in [0, 0.1) is 0 Å². The van der Waals surface area contributed by atoms with Gasteiger partial charge in [0.25, 0.3) is 0 Å². The SMILES string of the molecule is CC(=O)NC(CO)c1cccc(C(F)(F)F)c1. The number of nitrogens with one attached hydrogen (secondary N) is 1. The second-order valence-corrected chi connectivity index (χ2v) is 3.56. The van der Waals surface area contributed by atoms with E-state index >= 15 is 0 Å². The summed E-state index contributed by atoms with van der Waals surface area (Å²) in [6, 6.07) is 3.69. The van der Waals surface area contributed by atoms with Crippen LogP contribution in [-0.2, 0) is 11.0 Å². The first-order valence-electron chi connectivity index (χ1n) is 4.89. The lowest BCUT2D eigenvalue weighted by Gasteiger charge is -2.17. The van der Waals surface area contributed by atoms with Gasteiger partial charge >= 0.3 is 6.18 Å². The number of hydrogen-bond donors (Lipinski definition) is 2. The number of benzene rings is 1. The van der Waals surface area contributed by atoms with Crippen LogP contribution in [0.5, 0.6) is 0 Å². The Labute approximate surface area is 96.3 Å². The number of amides is 1. The van der Waals surface area contributed by atoms with Gasteiger partial charge in [-0.2, -0.15) is 13.2 Å². The molecule has 1 atom stereocenters. The lowest BCUT2D eigenvalue weighted by atomic mass is 10.0. The van der Waals surface area contributed by atoms with Gasteiger partial charge in [-0.25, -0.2) is 0 Å². The summed E-state index contributed by atoms with van der Waals surface area (Å²) >= 11 is 0. The zero-order valence-electron chi connectivity index (χ0n) is 9.08. The van der Waals surface area contributed by atoms with E-state index in [9.17, 15) is 18.0 Å². The molecule has 1 aromatic rings. The van der Waals surface area contributed by atoms with Crippen LogP contribution in [0.1, 0.15) is 24.1 Å². The smallest absolute Gasteiger partial charge is 0.394 e. The van der Waals surface area contributed by atoms with Crippen LogP contribution >= 0.6 is 0 Å². The predicted octanol–water partition coefficient (Wildman–Crippen LogP) is 1.87. The van der Waals surface area contributed by atoms with E-state index in [0.29, 0.717) is 0 Å². The molecule has 6 heteroatoms. The van der Waals surface area contributed by atoms with Crippen molar-refractivity contribution in [1.82, 2.24) is 5.32 Å². The fourth-order valence-corrected chi connectivity index (χ4v) is 1.41. The lowest BCUT2D eigenvalue weighted by molar-refractivity contribution is -0.137. The summed E-state index contributed by atoms with van der Waals surface area (Å²) in [5.41, 5.74) is -0.587. The highest BCUT2D eigenvalue weighted by Gasteiger charge is 2.30. The number of alkyl halides is 3. The Morgan fingerprint density at radius 1 is 1.47 bits per heavy atom. The van der Waals surface area contributed by atoms with Gasteiger partial charge in [0.05, 0.1) is 18.2 Å². The van der Waals surface area contributed by atoms with Gasteiger partial charge in [0.15, 0.2) is 0 Å². The van der Waals surface area contributed by atoms with Crippen LogP contribution in [-0.4, -0.2) is 17.6 Å². The van der Waals surface area contributed by atoms with E-state index in [0.717, 1.165) is 12.1 Å². The van der Waals surface area contributed by atoms with Crippen LogP contribution in [0.2, 0.25) is 0 Å². The molecule has 0 heterocycles. The Hall–Kier alpha value is -1.56. The number of carbonyl (C=O) groups excluding carboxylic acids is 1. The molecule has 0 aliphatic carbocycles. The number of halogens is 3. The summed E-state index contributed by atoms with van der Waals surface area (Å²) in [5, 5.41) is 11.4. The van der Waals surface area contributed by atoms with Crippen LogP contribution in [0.25, 0.3) is 0 Å². The lowest BCUT2D eigenvalue weighted by Crippen LogP contribution is -2.28. The first-order valence-corrected chi connectivity index (χ1v) is 4.89. The van der Waals surface area contributed by atoms with E-state index in [1.807, 2.05) is 0 Å². The second kappa shape index (κ2) is 5.18. The summed E-state index contributed by atoms with van der Waals surface area (Å²) in [6.07, 6.45) is -4.44. The topological polar surface area (TPSA) is 49.3 Å². The van der Waals surface area contributed by atoms with Gasteiger partial charge < -0.3 is 10.4 Å². The molecule has 0 aromatic heterocycles. The van der Waals surface area contributed by atoms with Crippen molar-refractivity contribution in [2.75, 3.05) is 6.61 Å². The molecule has 0 saturated heterocycles. The summed E-state index contributed by atoms with van der Waals surface area (Å²) < 4.78 is 37.3. The van der Waals surface area contributed by atoms with Crippen LogP contribution in [0.15, 0.2) is 24.3 Å². The maximum Gasteiger partial charge on any atom is 0.416 e. The standard InChI is InChI=1S/C11H12F3NO2/c1-7(17)15-10(6-16)8-3-2-4-9(5-8)11(12,13)14/h2-5,10,16H,6H2,1H3,(H,15,17). The molecule has 2 N–H and O–H groups in total. The molecular formula is C11H12F3NO2. The Bertz CT molecular complexity index is 404. The van der Waals surface area contributed by atoms with E-state index < -0.39 is 30.3 Å². The molecular weight excluding hydrogens is 235 g/mol. The predicted molar refractivity (Wildman–Crippen MR) is 55.1 cm³/mol. The molecule has 0 fully saturated rings. The maximum absolute atomic E-state index is 12.4. The van der Waals surface area contributed by atoms with Crippen molar-refractivity contribution < 1.29 is 23.1 Å². The fourth-order valence-electron chi connectivity index (χ4n) is 1.41. The molecule has 0 aliphatic rings. The number of aliphatic hydroxyl groups is 1. The number of rotatable bonds is 3. The molecule has 1 unspecified atom stereocenters. The van der Waals surface area contributed by atoms with Crippen molar-refractivity contribution in [3.8, 4) is 0 Å². The van der Waals surface area contributed by atoms with Crippen molar-refractivity contribution in [2.24, 2.45) is 0 Å². The maximum atomic E-state index is 12.4. The number of hydrogen-bond acceptors (Lipinski definition) is 2. The molecule has 0 aliphatic heterocycles. The number of aliphatic hydroxyl groups excluding tert-OH is 1. The van der Waals surface area contributed by atoms with Crippen LogP contribution < -0.4 is 5.32 Å². The van der Waals surface area contributed by atoms with Crippen molar-refractivity contribution in [3.63, 3.8) is 0 Å². The van der Waals surface area contributed by atoms with Crippen molar-refractivity contribution >= 4 is 5.91 Å². The van der Waals surface area contributed by atoms with Crippen LogP contribution in [0.4, 0.5) is 13.2 Å². The molecule has 1 aromatic carbocycles. The molecule has 3 nitrogen and oxygen atoms in total. The normalized spacial score (nSPS) is 13.2. The molecule has 94 valence electrons. The molecule has 0 saturated carbocycles. The number of carbonyl (C=O) groups is 1. The van der Waals surface area contributed by atoms with E-state index in [1.54, 1.807) is 0 Å². The molecule has 0 spiro atoms. The second-order valence-electron chi connectivity index (χ2n) is 3.56. The van der Waals surface area contributed by atoms with E-state index in [-0.39, 0.29) is 5.56 Å². The summed E-state index contributed by atoms with van der Waals surface area (Å²) in [4.78, 5) is 10.8. The third kappa shape index (κ3) is 3.74. The summed E-state index contributed by atoms with van der Waals surface area (Å²) in [7, 11) is 0. The van der Waals surface area contributed by atoms with Gasteiger partial charge in [-0.3, -0.25) is 4.79 Å². The molecule has 0 bridgehead atoms. The summed E-state index contributed by atoms with van der Waals surface area (Å²) in [6.45, 7) is 0.775. The highest BCUT2D eigenvalue weighted by molar-refractivity contribution is 5.73. The van der Waals surface area contributed by atoms with Crippen LogP contribution in [0.3, 0.4) is 0 Å². The molecule has 1 rings (SSSR count). The molecule has 0 radical (unpaired) electrons. The average molecular weight is 247 g/mol. The Kier molecular flexibility index (Phi) is 4.11. The van der Waals surface area contributed by atoms with Gasteiger partial charge in [0.1, 0.15) is 0 Å². The minimum absolute atomic E-state index is 0.220. The average Bonchev–Trinajstić information content (AvgIpc) is 2.24. The van der Waals surface area contributed by atoms with Gasteiger partial charge in [-0.1, -0.05) is 12.1 Å². The van der Waals surface area contributed by atoms with E-state index in [2.05, 4.69) is 5.32 Å². The third-order valence-corrected chi connectivity index (χ3v) is 2.18. The molecule has 17 heavy (non-hydrogen) atoms. The summed E-state index contributed by atoms with van der Waals surface area (Å²) in [5.74, 6) is -0.415. The zero-order valence-corrected chi connectivity index (χ0v) is 9.08. The van der Waals surface area contributed by atoms with Gasteiger partial charge in [-0.05, 0) is 17.7 Å². The Morgan fingerprint density at radius 2 is 2.12 bits per heavy atom. The minimum Gasteiger partial charge on any atom is -0.394 e. The van der Waals surface area contributed by atoms with E-state index in [1.165, 1.54) is 19.1 Å². The van der Waals surface area contributed by atoms with E-state index in [4.69, 9.17) is 5.11 Å². The van der Waals surface area contributed by atoms with Gasteiger partial charge in [0.2, 0.25) is 5.91 Å². The minimum atomic E-state index is -4.44. The third-order valence-electron chi connectivity index (χ3n) is 2.18. The van der Waals surface area contributed by atoms with Crippen molar-refractivity contribution in [3.05, 3.63) is 35.4 Å². The zero-order chi connectivity index (χ0) is 13.1. The fraction of sp³-hybridized carbons (Fsp3) is 0.364. The van der Waals surface area contributed by atoms with Gasteiger partial charge in [0, 0.05) is 6.92 Å². The quantitative estimate of drug-likeness (QED) is 0.856. The molecule has 1 amide bonds. The largest absolute Gasteiger partial charge is 0.416 e. The highest BCUT2D eigenvalue weighted by atomic mass is 19.4. The monoisotopic (exact) mass is 247 g/mol. The van der Waals surface area contributed by atoms with Gasteiger partial charge in [-0.15, -0.1) is 0 Å². The van der Waals surface area contributed by atoms with Crippen molar-refractivity contribution in [1.29, 1.82) is 0 Å². The highest BCUT2D eigenvalue weighted by Crippen LogP contribution is 2.30.